The molecule has 1 atom stereocenters. The number of carbonyl (C=O) groups is 2. The first-order chi connectivity index (χ1) is 16.3. The molecule has 0 unspecified atom stereocenters. The van der Waals surface area contributed by atoms with E-state index in [1.165, 1.54) is 15.9 Å². The Balaban J connectivity index is 1.78. The third-order valence-corrected chi connectivity index (χ3v) is 5.70. The summed E-state index contributed by atoms with van der Waals surface area (Å²) in [4.78, 5) is 28.6. The van der Waals surface area contributed by atoms with E-state index in [0.29, 0.717) is 30.5 Å². The first-order valence-corrected chi connectivity index (χ1v) is 11.4. The first-order valence-electron chi connectivity index (χ1n) is 11.4. The number of hydrogen-bond acceptors (Lipinski definition) is 3. The number of likely N-dealkylation sites (N-methyl/N-ethyl adjacent to an activating group) is 1. The van der Waals surface area contributed by atoms with Gasteiger partial charge >= 0.3 is 12.3 Å². The fourth-order valence-electron chi connectivity index (χ4n) is 4.12. The number of alkyl halides is 4. The highest BCUT2D eigenvalue weighted by molar-refractivity contribution is 5.86. The maximum Gasteiger partial charge on any atom is 0.416 e. The number of halogens is 4. The highest BCUT2D eigenvalue weighted by Crippen LogP contribution is 2.34. The molecule has 9 heteroatoms. The van der Waals surface area contributed by atoms with Gasteiger partial charge in [-0.25, -0.2) is 9.18 Å². The molecule has 0 N–H and O–H groups in total. The number of ether oxygens (including phenoxy) is 1. The van der Waals surface area contributed by atoms with Crippen LogP contribution in [0.3, 0.4) is 0 Å². The maximum atomic E-state index is 13.3. The third kappa shape index (κ3) is 6.74. The van der Waals surface area contributed by atoms with Crippen molar-refractivity contribution in [3.63, 3.8) is 0 Å². The second kappa shape index (κ2) is 10.3. The molecular weight excluding hydrogens is 464 g/mol. The molecule has 2 aromatic rings. The summed E-state index contributed by atoms with van der Waals surface area (Å²) in [6.07, 6.45) is -3.91. The van der Waals surface area contributed by atoms with Crippen LogP contribution >= 0.6 is 0 Å². The lowest BCUT2D eigenvalue weighted by atomic mass is 9.98. The van der Waals surface area contributed by atoms with Gasteiger partial charge in [0, 0.05) is 20.1 Å². The number of amides is 2. The quantitative estimate of drug-likeness (QED) is 0.465. The average Bonchev–Trinajstić information content (AvgIpc) is 3.27. The number of nitrogens with zero attached hydrogens (tertiary/aromatic N) is 2. The Hall–Kier alpha value is -3.10. The fraction of sp³-hybridized carbons (Fsp3) is 0.462. The van der Waals surface area contributed by atoms with E-state index in [0.717, 1.165) is 12.1 Å². The van der Waals surface area contributed by atoms with E-state index < -0.39 is 36.2 Å². The number of rotatable bonds is 5. The molecule has 1 saturated heterocycles. The van der Waals surface area contributed by atoms with E-state index in [2.05, 4.69) is 0 Å². The van der Waals surface area contributed by atoms with Gasteiger partial charge in [-0.05, 0) is 80.1 Å². The zero-order chi connectivity index (χ0) is 26.0. The second-order valence-electron chi connectivity index (χ2n) is 9.78. The fourth-order valence-corrected chi connectivity index (χ4v) is 4.12. The van der Waals surface area contributed by atoms with Gasteiger partial charge in [0.15, 0.2) is 0 Å². The normalized spacial score (nSPS) is 16.3. The molecule has 0 aliphatic carbocycles. The summed E-state index contributed by atoms with van der Waals surface area (Å²) in [7, 11) is 1.62. The van der Waals surface area contributed by atoms with Crippen LogP contribution in [0.2, 0.25) is 0 Å². The van der Waals surface area contributed by atoms with Gasteiger partial charge in [-0.3, -0.25) is 9.69 Å². The Morgan fingerprint density at radius 3 is 2.37 bits per heavy atom. The molecule has 0 aromatic heterocycles. The molecule has 5 nitrogen and oxygen atoms in total. The van der Waals surface area contributed by atoms with E-state index in [9.17, 15) is 27.2 Å². The van der Waals surface area contributed by atoms with Crippen LogP contribution in [0.5, 0.6) is 0 Å². The van der Waals surface area contributed by atoms with Crippen LogP contribution in [-0.2, 0) is 28.9 Å². The Morgan fingerprint density at radius 1 is 1.06 bits per heavy atom. The highest BCUT2D eigenvalue weighted by atomic mass is 19.4. The number of likely N-dealkylation sites (tertiary alicyclic amines) is 1. The topological polar surface area (TPSA) is 49.9 Å². The van der Waals surface area contributed by atoms with Crippen LogP contribution in [0.15, 0.2) is 42.5 Å². The molecular formula is C26H30F4N2O3. The first kappa shape index (κ1) is 26.5. The average molecular weight is 495 g/mol. The predicted molar refractivity (Wildman–Crippen MR) is 124 cm³/mol. The van der Waals surface area contributed by atoms with Gasteiger partial charge in [0.2, 0.25) is 5.91 Å². The van der Waals surface area contributed by atoms with Gasteiger partial charge in [0.25, 0.3) is 0 Å². The van der Waals surface area contributed by atoms with Crippen molar-refractivity contribution in [2.24, 2.45) is 0 Å². The molecule has 0 bridgehead atoms. The molecule has 2 aromatic carbocycles. The molecule has 1 aliphatic heterocycles. The molecule has 1 fully saturated rings. The Kier molecular flexibility index (Phi) is 7.77. The van der Waals surface area contributed by atoms with Crippen LogP contribution in [0.4, 0.5) is 22.4 Å². The Bertz CT molecular complexity index is 1080. The van der Waals surface area contributed by atoms with E-state index in [1.54, 1.807) is 52.1 Å². The number of hydrogen-bond donors (Lipinski definition) is 0. The molecule has 0 spiro atoms. The largest absolute Gasteiger partial charge is 0.444 e. The standard InChI is InChI=1S/C26H30F4N2O3/c1-25(2,3)35-24(34)32-10-6-9-22(32)23(33)31(4)16-17-7-5-8-19(11-17)20-12-18(15-27)13-21(14-20)26(28,29)30/h5,7-8,11-14,22H,6,9-10,15-16H2,1-4H3/t22-/m0/s1. The van der Waals surface area contributed by atoms with Crippen LogP contribution in [-0.4, -0.2) is 47.0 Å². The van der Waals surface area contributed by atoms with Crippen molar-refractivity contribution in [2.75, 3.05) is 13.6 Å². The molecule has 2 amide bonds. The van der Waals surface area contributed by atoms with Gasteiger partial charge in [-0.2, -0.15) is 13.2 Å². The molecule has 190 valence electrons. The van der Waals surface area contributed by atoms with Crippen molar-refractivity contribution in [1.29, 1.82) is 0 Å². The Morgan fingerprint density at radius 2 is 1.74 bits per heavy atom. The lowest BCUT2D eigenvalue weighted by Crippen LogP contribution is -2.47. The molecule has 1 heterocycles. The van der Waals surface area contributed by atoms with Crippen molar-refractivity contribution in [3.8, 4) is 11.1 Å². The smallest absolute Gasteiger partial charge is 0.416 e. The minimum atomic E-state index is -4.59. The van der Waals surface area contributed by atoms with Crippen LogP contribution in [0.25, 0.3) is 11.1 Å². The summed E-state index contributed by atoms with van der Waals surface area (Å²) in [6, 6.07) is 9.32. The van der Waals surface area contributed by atoms with Crippen molar-refractivity contribution >= 4 is 12.0 Å². The van der Waals surface area contributed by atoms with E-state index >= 15 is 0 Å². The number of benzene rings is 2. The summed E-state index contributed by atoms with van der Waals surface area (Å²) >= 11 is 0. The summed E-state index contributed by atoms with van der Waals surface area (Å²) in [6.45, 7) is 4.90. The van der Waals surface area contributed by atoms with Gasteiger partial charge in [0.05, 0.1) is 5.56 Å². The van der Waals surface area contributed by atoms with Gasteiger partial charge in [0.1, 0.15) is 18.3 Å². The van der Waals surface area contributed by atoms with Crippen molar-refractivity contribution < 1.29 is 31.9 Å². The molecule has 0 radical (unpaired) electrons. The van der Waals surface area contributed by atoms with E-state index in [-0.39, 0.29) is 23.6 Å². The second-order valence-corrected chi connectivity index (χ2v) is 9.78. The molecule has 0 saturated carbocycles. The summed E-state index contributed by atoms with van der Waals surface area (Å²) in [5.41, 5.74) is -0.222. The van der Waals surface area contributed by atoms with E-state index in [1.807, 2.05) is 0 Å². The van der Waals surface area contributed by atoms with Crippen LogP contribution < -0.4 is 0 Å². The van der Waals surface area contributed by atoms with Crippen molar-refractivity contribution in [1.82, 2.24) is 9.80 Å². The Labute approximate surface area is 202 Å². The van der Waals surface area contributed by atoms with E-state index in [4.69, 9.17) is 4.74 Å². The number of carbonyl (C=O) groups excluding carboxylic acids is 2. The SMILES string of the molecule is CN(Cc1cccc(-c2cc(CF)cc(C(F)(F)F)c2)c1)C(=O)[C@@H]1CCCN1C(=O)OC(C)(C)C. The minimum absolute atomic E-state index is 0.0593. The van der Waals surface area contributed by atoms with Crippen LogP contribution in [0.1, 0.15) is 50.3 Å². The summed E-state index contributed by atoms with van der Waals surface area (Å²) in [5.74, 6) is -0.238. The van der Waals surface area contributed by atoms with Gasteiger partial charge in [-0.1, -0.05) is 18.2 Å². The highest BCUT2D eigenvalue weighted by Gasteiger charge is 2.38. The summed E-state index contributed by atoms with van der Waals surface area (Å²) < 4.78 is 58.4. The van der Waals surface area contributed by atoms with Crippen molar-refractivity contribution in [2.45, 2.75) is 64.7 Å². The van der Waals surface area contributed by atoms with Crippen molar-refractivity contribution in [3.05, 3.63) is 59.2 Å². The third-order valence-electron chi connectivity index (χ3n) is 5.70. The predicted octanol–water partition coefficient (Wildman–Crippen LogP) is 6.20. The zero-order valence-electron chi connectivity index (χ0n) is 20.3. The summed E-state index contributed by atoms with van der Waals surface area (Å²) in [5, 5.41) is 0. The minimum Gasteiger partial charge on any atom is -0.444 e. The maximum absolute atomic E-state index is 13.3. The van der Waals surface area contributed by atoms with Gasteiger partial charge in [-0.15, -0.1) is 0 Å². The monoisotopic (exact) mass is 494 g/mol. The lowest BCUT2D eigenvalue weighted by Gasteiger charge is -2.30. The zero-order valence-corrected chi connectivity index (χ0v) is 20.3. The van der Waals surface area contributed by atoms with Crippen LogP contribution in [0, 0.1) is 0 Å². The molecule has 1 aliphatic rings. The lowest BCUT2D eigenvalue weighted by molar-refractivity contribution is -0.137. The molecule has 35 heavy (non-hydrogen) atoms. The molecule has 3 rings (SSSR count). The van der Waals surface area contributed by atoms with Gasteiger partial charge < -0.3 is 9.64 Å².